The number of rotatable bonds is 6. The van der Waals surface area contributed by atoms with Crippen LogP contribution in [0.3, 0.4) is 0 Å². The van der Waals surface area contributed by atoms with Gasteiger partial charge in [0.1, 0.15) is 16.5 Å². The van der Waals surface area contributed by atoms with Crippen molar-refractivity contribution in [3.05, 3.63) is 22.8 Å². The molecule has 0 fully saturated rings. The van der Waals surface area contributed by atoms with Gasteiger partial charge in [0.25, 0.3) is 0 Å². The summed E-state index contributed by atoms with van der Waals surface area (Å²) in [5.74, 6) is -1.12. The van der Waals surface area contributed by atoms with Crippen molar-refractivity contribution in [1.82, 2.24) is 4.98 Å². The molecular weight excluding hydrogens is 285 g/mol. The van der Waals surface area contributed by atoms with Crippen LogP contribution in [0, 0.1) is 0 Å². The van der Waals surface area contributed by atoms with Gasteiger partial charge >= 0.3 is 12.1 Å². The van der Waals surface area contributed by atoms with Crippen molar-refractivity contribution < 1.29 is 23.1 Å². The highest BCUT2D eigenvalue weighted by Gasteiger charge is 2.25. The number of aromatic carboxylic acids is 1. The Hall–Kier alpha value is -1.50. The number of nitrogens with zero attached hydrogens (tertiary/aromatic N) is 1. The Balaban J connectivity index is 2.49. The number of alkyl halides is 3. The molecule has 0 bridgehead atoms. The molecule has 1 rings (SSSR count). The van der Waals surface area contributed by atoms with Gasteiger partial charge in [-0.3, -0.25) is 0 Å². The minimum absolute atomic E-state index is 0.0283. The van der Waals surface area contributed by atoms with Crippen LogP contribution in [0.2, 0.25) is 5.15 Å². The van der Waals surface area contributed by atoms with E-state index in [1.54, 1.807) is 0 Å². The Kier molecular flexibility index (Phi) is 5.41. The summed E-state index contributed by atoms with van der Waals surface area (Å²) in [6.45, 7) is 0.198. The molecule has 2 N–H and O–H groups in total. The molecule has 1 heterocycles. The van der Waals surface area contributed by atoms with E-state index in [0.717, 1.165) is 0 Å². The van der Waals surface area contributed by atoms with E-state index in [0.29, 0.717) is 0 Å². The molecule has 0 amide bonds. The van der Waals surface area contributed by atoms with Crippen LogP contribution in [-0.4, -0.2) is 28.8 Å². The zero-order chi connectivity index (χ0) is 14.5. The van der Waals surface area contributed by atoms with Gasteiger partial charge in [0.15, 0.2) is 0 Å². The summed E-state index contributed by atoms with van der Waals surface area (Å²) in [6, 6.07) is 2.62. The fourth-order valence-corrected chi connectivity index (χ4v) is 1.55. The minimum Gasteiger partial charge on any atom is -0.478 e. The summed E-state index contributed by atoms with van der Waals surface area (Å²) in [5.41, 5.74) is -0.0692. The number of anilines is 1. The molecule has 106 valence electrons. The van der Waals surface area contributed by atoms with Gasteiger partial charge in [-0.05, 0) is 25.0 Å². The zero-order valence-electron chi connectivity index (χ0n) is 9.80. The summed E-state index contributed by atoms with van der Waals surface area (Å²) in [6.07, 6.45) is -4.80. The SMILES string of the molecule is O=C(O)c1ccc(Cl)nc1NCCCCC(F)(F)F. The van der Waals surface area contributed by atoms with Gasteiger partial charge < -0.3 is 10.4 Å². The fraction of sp³-hybridized carbons (Fsp3) is 0.455. The van der Waals surface area contributed by atoms with Gasteiger partial charge in [0.2, 0.25) is 0 Å². The number of carbonyl (C=O) groups is 1. The number of unbranched alkanes of at least 4 members (excludes halogenated alkanes) is 1. The standard InChI is InChI=1S/C11H12ClF3N2O2/c12-8-4-3-7(10(18)19)9(17-8)16-6-2-1-5-11(13,14)15/h3-4H,1-2,5-6H2,(H,16,17)(H,18,19). The molecule has 0 radical (unpaired) electrons. The van der Waals surface area contributed by atoms with Crippen molar-refractivity contribution in [1.29, 1.82) is 0 Å². The second-order valence-electron chi connectivity index (χ2n) is 3.83. The highest BCUT2D eigenvalue weighted by molar-refractivity contribution is 6.29. The van der Waals surface area contributed by atoms with Crippen LogP contribution in [0.15, 0.2) is 12.1 Å². The third-order valence-corrected chi connectivity index (χ3v) is 2.48. The Morgan fingerprint density at radius 1 is 1.37 bits per heavy atom. The van der Waals surface area contributed by atoms with E-state index in [2.05, 4.69) is 10.3 Å². The maximum absolute atomic E-state index is 11.9. The van der Waals surface area contributed by atoms with Crippen LogP contribution in [0.4, 0.5) is 19.0 Å². The Labute approximate surface area is 112 Å². The highest BCUT2D eigenvalue weighted by Crippen LogP contribution is 2.22. The number of halogens is 4. The second-order valence-corrected chi connectivity index (χ2v) is 4.22. The highest BCUT2D eigenvalue weighted by atomic mass is 35.5. The second kappa shape index (κ2) is 6.60. The molecule has 0 aromatic carbocycles. The fourth-order valence-electron chi connectivity index (χ4n) is 1.40. The third kappa shape index (κ3) is 5.78. The summed E-state index contributed by atoms with van der Waals surface area (Å²) in [4.78, 5) is 14.7. The Morgan fingerprint density at radius 2 is 2.05 bits per heavy atom. The van der Waals surface area contributed by atoms with Gasteiger partial charge in [0, 0.05) is 13.0 Å². The van der Waals surface area contributed by atoms with E-state index >= 15 is 0 Å². The summed E-state index contributed by atoms with van der Waals surface area (Å²) >= 11 is 5.63. The molecule has 0 unspecified atom stereocenters. The van der Waals surface area contributed by atoms with Crippen molar-refractivity contribution in [2.75, 3.05) is 11.9 Å². The molecule has 0 saturated carbocycles. The quantitative estimate of drug-likeness (QED) is 0.622. The molecule has 0 atom stereocenters. The van der Waals surface area contributed by atoms with Crippen LogP contribution >= 0.6 is 11.6 Å². The van der Waals surface area contributed by atoms with Crippen molar-refractivity contribution in [2.45, 2.75) is 25.4 Å². The lowest BCUT2D eigenvalue weighted by Crippen LogP contribution is -2.11. The minimum atomic E-state index is -4.17. The van der Waals surface area contributed by atoms with Gasteiger partial charge in [-0.25, -0.2) is 9.78 Å². The first kappa shape index (κ1) is 15.6. The van der Waals surface area contributed by atoms with Crippen molar-refractivity contribution in [3.63, 3.8) is 0 Å². The Morgan fingerprint density at radius 3 is 2.63 bits per heavy atom. The predicted molar refractivity (Wildman–Crippen MR) is 64.6 cm³/mol. The molecule has 0 spiro atoms. The molecule has 0 aliphatic rings. The number of hydrogen-bond acceptors (Lipinski definition) is 3. The van der Waals surface area contributed by atoms with Crippen molar-refractivity contribution >= 4 is 23.4 Å². The number of pyridine rings is 1. The lowest BCUT2D eigenvalue weighted by Gasteiger charge is -2.09. The smallest absolute Gasteiger partial charge is 0.389 e. The van der Waals surface area contributed by atoms with E-state index in [-0.39, 0.29) is 35.9 Å². The van der Waals surface area contributed by atoms with E-state index in [1.807, 2.05) is 0 Å². The van der Waals surface area contributed by atoms with Crippen LogP contribution in [0.5, 0.6) is 0 Å². The van der Waals surface area contributed by atoms with Gasteiger partial charge in [-0.1, -0.05) is 11.6 Å². The largest absolute Gasteiger partial charge is 0.478 e. The van der Waals surface area contributed by atoms with Crippen molar-refractivity contribution in [3.8, 4) is 0 Å². The zero-order valence-corrected chi connectivity index (χ0v) is 10.6. The first-order chi connectivity index (χ1) is 8.79. The van der Waals surface area contributed by atoms with Gasteiger partial charge in [-0.15, -0.1) is 0 Å². The summed E-state index contributed by atoms with van der Waals surface area (Å²) in [7, 11) is 0. The number of aromatic nitrogens is 1. The van der Waals surface area contributed by atoms with Crippen LogP contribution in [0.25, 0.3) is 0 Å². The first-order valence-corrected chi connectivity index (χ1v) is 5.88. The predicted octanol–water partition coefficient (Wildman–Crippen LogP) is 3.58. The molecule has 0 aliphatic heterocycles. The number of carboxylic acids is 1. The molecular formula is C11H12ClF3N2O2. The first-order valence-electron chi connectivity index (χ1n) is 5.50. The normalized spacial score (nSPS) is 11.4. The van der Waals surface area contributed by atoms with Gasteiger partial charge in [-0.2, -0.15) is 13.2 Å². The van der Waals surface area contributed by atoms with E-state index in [1.165, 1.54) is 12.1 Å². The van der Waals surface area contributed by atoms with Crippen LogP contribution < -0.4 is 5.32 Å². The average Bonchev–Trinajstić information content (AvgIpc) is 2.26. The molecule has 1 aromatic heterocycles. The average molecular weight is 297 g/mol. The van der Waals surface area contributed by atoms with Crippen molar-refractivity contribution in [2.24, 2.45) is 0 Å². The lowest BCUT2D eigenvalue weighted by molar-refractivity contribution is -0.135. The molecule has 8 heteroatoms. The number of hydrogen-bond donors (Lipinski definition) is 2. The van der Waals surface area contributed by atoms with E-state index < -0.39 is 18.6 Å². The maximum Gasteiger partial charge on any atom is 0.389 e. The molecule has 4 nitrogen and oxygen atoms in total. The topological polar surface area (TPSA) is 62.2 Å². The summed E-state index contributed by atoms with van der Waals surface area (Å²) in [5, 5.41) is 11.7. The molecule has 0 aliphatic carbocycles. The third-order valence-electron chi connectivity index (χ3n) is 2.27. The molecule has 1 aromatic rings. The lowest BCUT2D eigenvalue weighted by atomic mass is 10.2. The number of nitrogens with one attached hydrogen (secondary N) is 1. The van der Waals surface area contributed by atoms with E-state index in [9.17, 15) is 18.0 Å². The van der Waals surface area contributed by atoms with Crippen LogP contribution in [0.1, 0.15) is 29.6 Å². The monoisotopic (exact) mass is 296 g/mol. The number of carboxylic acid groups (broad SMARTS) is 1. The van der Waals surface area contributed by atoms with Gasteiger partial charge in [0.05, 0.1) is 0 Å². The maximum atomic E-state index is 11.9. The summed E-state index contributed by atoms with van der Waals surface area (Å²) < 4.78 is 35.7. The van der Waals surface area contributed by atoms with Crippen LogP contribution in [-0.2, 0) is 0 Å². The Bertz CT molecular complexity index is 452. The molecule has 0 saturated heterocycles. The molecule has 19 heavy (non-hydrogen) atoms. The van der Waals surface area contributed by atoms with E-state index in [4.69, 9.17) is 16.7 Å².